The molecule has 1 aromatic heterocycles. The van der Waals surface area contributed by atoms with Crippen molar-refractivity contribution >= 4 is 22.6 Å². The Labute approximate surface area is 97.6 Å². The van der Waals surface area contributed by atoms with Gasteiger partial charge >= 0.3 is 0 Å². The molecule has 0 aliphatic rings. The second-order valence-electron chi connectivity index (χ2n) is 3.43. The minimum atomic E-state index is -0.775. The summed E-state index contributed by atoms with van der Waals surface area (Å²) in [5.41, 5.74) is 6.62. The number of aliphatic hydroxyl groups excluding tert-OH is 1. The van der Waals surface area contributed by atoms with E-state index in [-0.39, 0.29) is 6.54 Å². The first-order valence-electron chi connectivity index (χ1n) is 4.81. The van der Waals surface area contributed by atoms with Gasteiger partial charge in [0.15, 0.2) is 5.22 Å². The molecule has 0 fully saturated rings. The predicted molar refractivity (Wildman–Crippen MR) is 61.8 cm³/mol. The number of nitrogens with two attached hydrogens (primary N) is 1. The molecule has 5 heteroatoms. The zero-order valence-corrected chi connectivity index (χ0v) is 9.49. The van der Waals surface area contributed by atoms with Crippen LogP contribution in [-0.2, 0) is 0 Å². The van der Waals surface area contributed by atoms with E-state index in [0.717, 1.165) is 5.39 Å². The van der Waals surface area contributed by atoms with Gasteiger partial charge < -0.3 is 20.0 Å². The molecule has 1 unspecified atom stereocenters. The fourth-order valence-electron chi connectivity index (χ4n) is 1.61. The summed E-state index contributed by atoms with van der Waals surface area (Å²) in [7, 11) is 1.54. The van der Waals surface area contributed by atoms with E-state index in [0.29, 0.717) is 22.1 Å². The number of hydrogen-bond donors (Lipinski definition) is 2. The number of rotatable bonds is 3. The van der Waals surface area contributed by atoms with Gasteiger partial charge in [0.05, 0.1) is 13.2 Å². The lowest BCUT2D eigenvalue weighted by Crippen LogP contribution is -2.12. The van der Waals surface area contributed by atoms with Crippen molar-refractivity contribution < 1.29 is 14.3 Å². The summed E-state index contributed by atoms with van der Waals surface area (Å²) in [5, 5.41) is 10.9. The van der Waals surface area contributed by atoms with Crippen molar-refractivity contribution in [1.82, 2.24) is 0 Å². The maximum Gasteiger partial charge on any atom is 0.194 e. The number of fused-ring (bicyclic) bond motifs is 1. The minimum Gasteiger partial charge on any atom is -0.496 e. The van der Waals surface area contributed by atoms with Crippen molar-refractivity contribution in [2.24, 2.45) is 5.73 Å². The molecule has 3 N–H and O–H groups in total. The number of methoxy groups -OCH3 is 1. The highest BCUT2D eigenvalue weighted by Crippen LogP contribution is 2.32. The number of aliphatic hydroxyl groups is 1. The van der Waals surface area contributed by atoms with E-state index in [1.165, 1.54) is 7.11 Å². The van der Waals surface area contributed by atoms with Crippen molar-refractivity contribution in [3.8, 4) is 5.75 Å². The molecule has 2 aromatic rings. The van der Waals surface area contributed by atoms with Crippen LogP contribution in [0.5, 0.6) is 5.75 Å². The van der Waals surface area contributed by atoms with Gasteiger partial charge in [0.2, 0.25) is 0 Å². The molecule has 0 aliphatic heterocycles. The van der Waals surface area contributed by atoms with E-state index in [1.807, 2.05) is 0 Å². The van der Waals surface area contributed by atoms with Gasteiger partial charge in [-0.15, -0.1) is 0 Å². The average molecular weight is 242 g/mol. The number of hydrogen-bond acceptors (Lipinski definition) is 4. The van der Waals surface area contributed by atoms with Gasteiger partial charge in [0.1, 0.15) is 11.3 Å². The Balaban J connectivity index is 2.61. The summed E-state index contributed by atoms with van der Waals surface area (Å²) < 4.78 is 10.4. The normalized spacial score (nSPS) is 13.0. The van der Waals surface area contributed by atoms with Crippen molar-refractivity contribution in [2.45, 2.75) is 6.10 Å². The third-order valence-corrected chi connectivity index (χ3v) is 2.61. The van der Waals surface area contributed by atoms with Crippen LogP contribution in [0, 0.1) is 0 Å². The fraction of sp³-hybridized carbons (Fsp3) is 0.273. The quantitative estimate of drug-likeness (QED) is 0.863. The highest BCUT2D eigenvalue weighted by Gasteiger charge is 2.15. The van der Waals surface area contributed by atoms with Gasteiger partial charge in [0, 0.05) is 23.6 Å². The monoisotopic (exact) mass is 241 g/mol. The molecule has 1 heterocycles. The van der Waals surface area contributed by atoms with Crippen LogP contribution in [0.25, 0.3) is 11.0 Å². The molecule has 0 aliphatic carbocycles. The van der Waals surface area contributed by atoms with E-state index in [1.54, 1.807) is 18.2 Å². The Morgan fingerprint density at radius 1 is 1.50 bits per heavy atom. The van der Waals surface area contributed by atoms with E-state index in [4.69, 9.17) is 26.5 Å². The maximum atomic E-state index is 9.73. The van der Waals surface area contributed by atoms with Gasteiger partial charge in [-0.2, -0.15) is 0 Å². The van der Waals surface area contributed by atoms with Crippen LogP contribution in [-0.4, -0.2) is 18.8 Å². The zero-order valence-electron chi connectivity index (χ0n) is 8.74. The summed E-state index contributed by atoms with van der Waals surface area (Å²) >= 11 is 5.75. The van der Waals surface area contributed by atoms with Crippen molar-refractivity contribution in [2.75, 3.05) is 13.7 Å². The molecular weight excluding hydrogens is 230 g/mol. The predicted octanol–water partition coefficient (Wildman–Crippen LogP) is 2.09. The number of ether oxygens (including phenoxy) is 1. The third kappa shape index (κ3) is 1.87. The van der Waals surface area contributed by atoms with Crippen LogP contribution >= 0.6 is 11.6 Å². The topological polar surface area (TPSA) is 68.6 Å². The van der Waals surface area contributed by atoms with E-state index in [9.17, 15) is 5.11 Å². The van der Waals surface area contributed by atoms with Gasteiger partial charge in [-0.1, -0.05) is 0 Å². The molecule has 0 bridgehead atoms. The lowest BCUT2D eigenvalue weighted by Gasteiger charge is -2.12. The minimum absolute atomic E-state index is 0.121. The first-order chi connectivity index (χ1) is 7.65. The second-order valence-corrected chi connectivity index (χ2v) is 3.81. The smallest absolute Gasteiger partial charge is 0.194 e. The first-order valence-corrected chi connectivity index (χ1v) is 5.18. The zero-order chi connectivity index (χ0) is 11.7. The Kier molecular flexibility index (Phi) is 3.05. The molecular formula is C11H12ClNO3. The Hall–Kier alpha value is -1.23. The van der Waals surface area contributed by atoms with Crippen LogP contribution in [0.2, 0.25) is 5.22 Å². The molecule has 16 heavy (non-hydrogen) atoms. The summed E-state index contributed by atoms with van der Waals surface area (Å²) in [5.74, 6) is 0.572. The van der Waals surface area contributed by atoms with Gasteiger partial charge in [-0.25, -0.2) is 0 Å². The largest absolute Gasteiger partial charge is 0.496 e. The summed E-state index contributed by atoms with van der Waals surface area (Å²) in [4.78, 5) is 0. The highest BCUT2D eigenvalue weighted by molar-refractivity contribution is 6.29. The molecule has 2 rings (SSSR count). The summed E-state index contributed by atoms with van der Waals surface area (Å²) in [6, 6.07) is 5.15. The molecule has 86 valence electrons. The second kappa shape index (κ2) is 4.33. The molecule has 1 atom stereocenters. The maximum absolute atomic E-state index is 9.73. The van der Waals surface area contributed by atoms with Gasteiger partial charge in [0.25, 0.3) is 0 Å². The highest BCUT2D eigenvalue weighted by atomic mass is 35.5. The Morgan fingerprint density at radius 3 is 2.88 bits per heavy atom. The molecule has 4 nitrogen and oxygen atoms in total. The van der Waals surface area contributed by atoms with Crippen LogP contribution in [0.3, 0.4) is 0 Å². The number of benzene rings is 1. The standard InChI is InChI=1S/C11H12ClNO3/c1-15-10-2-6-3-11(12)16-9(6)4-7(10)8(14)5-13/h2-4,8,14H,5,13H2,1H3. The molecule has 0 spiro atoms. The molecule has 0 saturated heterocycles. The average Bonchev–Trinajstić information content (AvgIpc) is 2.65. The van der Waals surface area contributed by atoms with Gasteiger partial charge in [-0.3, -0.25) is 0 Å². The van der Waals surface area contributed by atoms with Crippen molar-refractivity contribution in [3.05, 3.63) is 29.0 Å². The lowest BCUT2D eigenvalue weighted by molar-refractivity contribution is 0.182. The van der Waals surface area contributed by atoms with Crippen LogP contribution < -0.4 is 10.5 Å². The lowest BCUT2D eigenvalue weighted by atomic mass is 10.1. The Morgan fingerprint density at radius 2 is 2.25 bits per heavy atom. The molecule has 0 radical (unpaired) electrons. The molecule has 0 saturated carbocycles. The van der Waals surface area contributed by atoms with E-state index >= 15 is 0 Å². The van der Waals surface area contributed by atoms with Crippen LogP contribution in [0.15, 0.2) is 22.6 Å². The van der Waals surface area contributed by atoms with Crippen molar-refractivity contribution in [3.63, 3.8) is 0 Å². The first kappa shape index (κ1) is 11.3. The fourth-order valence-corrected chi connectivity index (χ4v) is 1.81. The summed E-state index contributed by atoms with van der Waals surface area (Å²) in [6.45, 7) is 0.121. The van der Waals surface area contributed by atoms with Crippen LogP contribution in [0.4, 0.5) is 0 Å². The SMILES string of the molecule is COc1cc2cc(Cl)oc2cc1C(O)CN. The van der Waals surface area contributed by atoms with Crippen molar-refractivity contribution in [1.29, 1.82) is 0 Å². The Bertz CT molecular complexity index is 509. The van der Waals surface area contributed by atoms with E-state index < -0.39 is 6.10 Å². The van der Waals surface area contributed by atoms with Crippen LogP contribution in [0.1, 0.15) is 11.7 Å². The number of furan rings is 1. The number of halogens is 1. The van der Waals surface area contributed by atoms with E-state index in [2.05, 4.69) is 0 Å². The summed E-state index contributed by atoms with van der Waals surface area (Å²) in [6.07, 6.45) is -0.775. The third-order valence-electron chi connectivity index (χ3n) is 2.42. The molecule has 0 amide bonds. The van der Waals surface area contributed by atoms with Gasteiger partial charge in [-0.05, 0) is 23.7 Å². The molecule has 1 aromatic carbocycles.